The van der Waals surface area contributed by atoms with Crippen molar-refractivity contribution in [3.8, 4) is 23.0 Å². The third-order valence-corrected chi connectivity index (χ3v) is 25.5. The molecular weight excluding hydrogens is 1800 g/mol. The molecule has 0 spiro atoms. The monoisotopic (exact) mass is 1910 g/mol. The van der Waals surface area contributed by atoms with Crippen LogP contribution in [0.15, 0.2) is 170 Å². The molecule has 0 saturated carbocycles. The molecule has 24 heteroatoms. The summed E-state index contributed by atoms with van der Waals surface area (Å²) in [7, 11) is 0. The number of halogens is 6. The number of ether oxygens (including phenoxy) is 11. The maximum Gasteiger partial charge on any atom is 0.303 e. The van der Waals surface area contributed by atoms with Crippen LogP contribution in [0.5, 0.6) is 23.0 Å². The van der Waals surface area contributed by atoms with Gasteiger partial charge in [-0.05, 0) is 225 Å². The lowest BCUT2D eigenvalue weighted by Crippen LogP contribution is -2.52. The van der Waals surface area contributed by atoms with Gasteiger partial charge in [0.1, 0.15) is 59.6 Å². The maximum atomic E-state index is 11.8. The van der Waals surface area contributed by atoms with Crippen LogP contribution in [0.2, 0.25) is 20.1 Å². The number of benzene rings is 8. The van der Waals surface area contributed by atoms with Crippen LogP contribution < -0.4 is 18.9 Å². The van der Waals surface area contributed by atoms with Gasteiger partial charge in [-0.2, -0.15) is 0 Å². The van der Waals surface area contributed by atoms with Crippen LogP contribution in [-0.2, 0) is 73.2 Å². The molecule has 0 aliphatic carbocycles. The average molecular weight is 1910 g/mol. The first-order valence-corrected chi connectivity index (χ1v) is 44.3. The number of aliphatic hydroxyl groups is 4. The van der Waals surface area contributed by atoms with E-state index in [0.29, 0.717) is 84.5 Å². The van der Waals surface area contributed by atoms with Crippen molar-refractivity contribution in [1.29, 1.82) is 0 Å². The molecule has 0 amide bonds. The summed E-state index contributed by atoms with van der Waals surface area (Å²) in [6.07, 6.45) is -2.57. The molecule has 632 valence electrons. The van der Waals surface area contributed by atoms with E-state index in [4.69, 9.17) is 98.5 Å². The Kier molecular flexibility index (Phi) is 37.2. The normalized spacial score (nSPS) is 25.4. The molecule has 12 rings (SSSR count). The molecule has 4 heterocycles. The molecule has 8 aromatic rings. The Labute approximate surface area is 736 Å². The van der Waals surface area contributed by atoms with Gasteiger partial charge in [0.25, 0.3) is 0 Å². The molecule has 0 aromatic heterocycles. The minimum atomic E-state index is -0.968. The van der Waals surface area contributed by atoms with Gasteiger partial charge in [-0.15, -0.1) is 0 Å². The van der Waals surface area contributed by atoms with Crippen LogP contribution in [0.25, 0.3) is 0 Å². The molecule has 4 fully saturated rings. The summed E-state index contributed by atoms with van der Waals surface area (Å²) < 4.78 is 64.4. The highest BCUT2D eigenvalue weighted by Crippen LogP contribution is 2.45. The van der Waals surface area contributed by atoms with Gasteiger partial charge in [-0.1, -0.05) is 209 Å². The first-order chi connectivity index (χ1) is 56.0. The van der Waals surface area contributed by atoms with Crippen LogP contribution in [0.1, 0.15) is 187 Å². The number of esters is 3. The van der Waals surface area contributed by atoms with Gasteiger partial charge in [0.2, 0.25) is 0 Å². The minimum absolute atomic E-state index is 0.0945. The fourth-order valence-electron chi connectivity index (χ4n) is 14.7. The second-order valence-corrected chi connectivity index (χ2v) is 33.9. The molecular formula is C93H110Cl4I2O18. The Bertz CT molecular complexity index is 4320. The van der Waals surface area contributed by atoms with E-state index < -0.39 is 48.7 Å². The summed E-state index contributed by atoms with van der Waals surface area (Å²) >= 11 is 30.6. The summed E-state index contributed by atoms with van der Waals surface area (Å²) in [6, 6.07) is 55.0. The first kappa shape index (κ1) is 94.5. The van der Waals surface area contributed by atoms with E-state index in [1.54, 1.807) is 19.1 Å². The van der Waals surface area contributed by atoms with Crippen LogP contribution in [-0.4, -0.2) is 141 Å². The Morgan fingerprint density at radius 1 is 0.410 bits per heavy atom. The zero-order valence-electron chi connectivity index (χ0n) is 68.3. The highest BCUT2D eigenvalue weighted by atomic mass is 127. The number of rotatable bonds is 25. The summed E-state index contributed by atoms with van der Waals surface area (Å²) in [5.74, 6) is 2.53. The molecule has 4 N–H and O–H groups in total. The third kappa shape index (κ3) is 26.8. The van der Waals surface area contributed by atoms with Crippen molar-refractivity contribution < 1.29 is 86.9 Å². The molecule has 0 bridgehead atoms. The maximum absolute atomic E-state index is 11.8. The van der Waals surface area contributed by atoms with Crippen molar-refractivity contribution in [2.45, 2.75) is 211 Å². The molecule has 18 unspecified atom stereocenters. The molecule has 8 aromatic carbocycles. The quantitative estimate of drug-likeness (QED) is 0.0180. The average Bonchev–Trinajstić information content (AvgIpc) is 0.785. The highest BCUT2D eigenvalue weighted by Gasteiger charge is 2.47. The van der Waals surface area contributed by atoms with Crippen molar-refractivity contribution in [2.75, 3.05) is 37.5 Å². The summed E-state index contributed by atoms with van der Waals surface area (Å²) in [6.45, 7) is 24.3. The Morgan fingerprint density at radius 2 is 0.744 bits per heavy atom. The highest BCUT2D eigenvalue weighted by molar-refractivity contribution is 14.1. The van der Waals surface area contributed by atoms with E-state index in [9.17, 15) is 34.8 Å². The van der Waals surface area contributed by atoms with Crippen LogP contribution >= 0.6 is 91.6 Å². The van der Waals surface area contributed by atoms with E-state index in [1.165, 1.54) is 20.8 Å². The lowest BCUT2D eigenvalue weighted by molar-refractivity contribution is -0.221. The fraction of sp³-hybridized carbons (Fsp3) is 0.452. The molecule has 18 atom stereocenters. The number of aliphatic hydroxyl groups excluding tert-OH is 4. The Morgan fingerprint density at radius 3 is 1.09 bits per heavy atom. The van der Waals surface area contributed by atoms with Gasteiger partial charge < -0.3 is 72.5 Å². The third-order valence-electron chi connectivity index (χ3n) is 21.3. The van der Waals surface area contributed by atoms with E-state index >= 15 is 0 Å². The predicted octanol–water partition coefficient (Wildman–Crippen LogP) is 19.9. The number of carbonyl (C=O) groups is 3. The van der Waals surface area contributed by atoms with Crippen LogP contribution in [0.3, 0.4) is 0 Å². The lowest BCUT2D eigenvalue weighted by Gasteiger charge is -2.43. The van der Waals surface area contributed by atoms with Gasteiger partial charge in [0.05, 0.1) is 79.7 Å². The van der Waals surface area contributed by atoms with Crippen molar-refractivity contribution >= 4 is 109 Å². The van der Waals surface area contributed by atoms with E-state index in [0.717, 1.165) is 101 Å². The van der Waals surface area contributed by atoms with Gasteiger partial charge in [0.15, 0.2) is 6.10 Å². The predicted molar refractivity (Wildman–Crippen MR) is 474 cm³/mol. The van der Waals surface area contributed by atoms with Crippen molar-refractivity contribution in [3.05, 3.63) is 257 Å². The van der Waals surface area contributed by atoms with Gasteiger partial charge in [-0.25, -0.2) is 0 Å². The largest absolute Gasteiger partial charge is 0.494 e. The van der Waals surface area contributed by atoms with Crippen molar-refractivity contribution in [2.24, 2.45) is 17.8 Å². The first-order valence-electron chi connectivity index (χ1n) is 40.0. The molecule has 4 saturated heterocycles. The minimum Gasteiger partial charge on any atom is -0.494 e. The molecule has 4 aliphatic heterocycles. The summed E-state index contributed by atoms with van der Waals surface area (Å²) in [5.41, 5.74) is 11.9. The van der Waals surface area contributed by atoms with Crippen molar-refractivity contribution in [3.63, 3.8) is 0 Å². The number of alkyl halides is 2. The Hall–Kier alpha value is -6.33. The summed E-state index contributed by atoms with van der Waals surface area (Å²) in [4.78, 5) is 35.1. The second kappa shape index (κ2) is 46.1. The van der Waals surface area contributed by atoms with E-state index in [-0.39, 0.29) is 77.0 Å². The van der Waals surface area contributed by atoms with Crippen LogP contribution in [0.4, 0.5) is 0 Å². The van der Waals surface area contributed by atoms with E-state index in [2.05, 4.69) is 102 Å². The molecule has 0 radical (unpaired) electrons. The van der Waals surface area contributed by atoms with Gasteiger partial charge >= 0.3 is 17.9 Å². The topological polar surface area (TPSA) is 234 Å². The molecule has 18 nitrogen and oxygen atoms in total. The standard InChI is InChI=1S/C24H27ClI2O4.C24H29ClO6.C24H29ClO4.C21H25ClO4/c1-4-29-19-8-5-16(6-9-19)11-18-12-17(7-10-20(18)25)23-24(30-15(3)28)22(27)14(2)21(13-26)31-23;1-4-29-19-8-5-16(6-9-19)11-18-12-17(7-10-20(18)25)23-24(30-15(3)27)22(28)14(2)21(13-26)31-23;1-5-27-21-9-6-18(7-10-21)13-20-14-19(8-11-22(20)25)24-23(29-17(4)26)12-15(2)16(3)28-24;1-3-25-17-7-4-14(5-8-17)10-16-11-15(6-9-18(16)22)21-20(24)12-19(23)13(2)26-21/h5-10,12,14,21-24H,4,11,13H2,1-3H3;5-10,12,14,21-24,26,28H,4,11,13H2,1-3H3;6-11,14-16,23-24H,5,12-13H2,1-4H3;4-9,11,13,19-21,23-24H,3,10,12H2,1-2H3. The Balaban J connectivity index is 0.000000178. The molecule has 117 heavy (non-hydrogen) atoms. The number of carbonyl (C=O) groups excluding carboxylic acids is 3. The van der Waals surface area contributed by atoms with Gasteiger partial charge in [-0.3, -0.25) is 14.4 Å². The smallest absolute Gasteiger partial charge is 0.303 e. The van der Waals surface area contributed by atoms with E-state index in [1.807, 2.05) is 156 Å². The SMILES string of the molecule is CCOc1ccc(Cc2cc(C3OC(C)C(C)CC3OC(C)=O)ccc2Cl)cc1.CCOc1ccc(Cc2cc(C3OC(C)C(O)CC3O)ccc2Cl)cc1.CCOc1ccc(Cc2cc(C3OC(CI)C(C)C(I)C3OC(C)=O)ccc2Cl)cc1.CCOc1ccc(Cc2cc(C3OC(CO)C(C)C(O)C3OC(C)=O)ccc2Cl)cc1. The fourth-order valence-corrected chi connectivity index (χ4v) is 17.5. The molecule has 4 aliphatic rings. The summed E-state index contributed by atoms with van der Waals surface area (Å²) in [5, 5.41) is 43.3. The second-order valence-electron chi connectivity index (χ2n) is 30.0. The number of hydrogen-bond acceptors (Lipinski definition) is 18. The lowest BCUT2D eigenvalue weighted by atomic mass is 9.85. The van der Waals surface area contributed by atoms with Crippen molar-refractivity contribution in [1.82, 2.24) is 0 Å². The number of hydrogen-bond donors (Lipinski definition) is 4. The zero-order chi connectivity index (χ0) is 84.7. The van der Waals surface area contributed by atoms with Gasteiger partial charge in [0, 0.05) is 57.6 Å². The van der Waals surface area contributed by atoms with Crippen LogP contribution in [0, 0.1) is 17.8 Å². The zero-order valence-corrected chi connectivity index (χ0v) is 75.7.